The zero-order valence-electron chi connectivity index (χ0n) is 13.9. The number of fused-ring (bicyclic) bond motifs is 1. The Bertz CT molecular complexity index is 707. The van der Waals surface area contributed by atoms with E-state index < -0.39 is 0 Å². The van der Waals surface area contributed by atoms with Gasteiger partial charge in [0.1, 0.15) is 17.1 Å². The van der Waals surface area contributed by atoms with Crippen molar-refractivity contribution in [2.45, 2.75) is 59.3 Å². The zero-order chi connectivity index (χ0) is 16.2. The van der Waals surface area contributed by atoms with Crippen LogP contribution in [-0.2, 0) is 10.8 Å². The van der Waals surface area contributed by atoms with E-state index in [2.05, 4.69) is 20.8 Å². The van der Waals surface area contributed by atoms with Crippen molar-refractivity contribution in [1.82, 2.24) is 0 Å². The standard InChI is InChI=1S/C18H24O3/c1-10(19)14-15-12(20)8-11(17(2,3)4)9-13(15)21-16(14)18(5,6)7/h8-9,20H,1-7H3. The third kappa shape index (κ3) is 2.69. The van der Waals surface area contributed by atoms with Gasteiger partial charge in [0, 0.05) is 5.41 Å². The monoisotopic (exact) mass is 288 g/mol. The van der Waals surface area contributed by atoms with Crippen molar-refractivity contribution in [3.05, 3.63) is 29.0 Å². The van der Waals surface area contributed by atoms with Gasteiger partial charge in [-0.25, -0.2) is 0 Å². The number of phenolic OH excluding ortho intramolecular Hbond substituents is 1. The molecule has 0 radical (unpaired) electrons. The minimum Gasteiger partial charge on any atom is -0.507 e. The highest BCUT2D eigenvalue weighted by Crippen LogP contribution is 2.41. The Morgan fingerprint density at radius 2 is 1.62 bits per heavy atom. The van der Waals surface area contributed by atoms with E-state index in [1.807, 2.05) is 26.8 Å². The molecular weight excluding hydrogens is 264 g/mol. The number of furan rings is 1. The molecule has 1 aromatic carbocycles. The van der Waals surface area contributed by atoms with Crippen molar-refractivity contribution < 1.29 is 14.3 Å². The van der Waals surface area contributed by atoms with Crippen LogP contribution in [-0.4, -0.2) is 10.9 Å². The molecule has 1 N–H and O–H groups in total. The van der Waals surface area contributed by atoms with Gasteiger partial charge in [0.25, 0.3) is 0 Å². The van der Waals surface area contributed by atoms with E-state index in [1.54, 1.807) is 6.07 Å². The molecule has 0 saturated carbocycles. The van der Waals surface area contributed by atoms with Gasteiger partial charge in [-0.1, -0.05) is 41.5 Å². The average molecular weight is 288 g/mol. The average Bonchev–Trinajstić information content (AvgIpc) is 2.67. The largest absolute Gasteiger partial charge is 0.507 e. The topological polar surface area (TPSA) is 50.4 Å². The lowest BCUT2D eigenvalue weighted by molar-refractivity contribution is 0.101. The maximum absolute atomic E-state index is 12.1. The van der Waals surface area contributed by atoms with Crippen LogP contribution < -0.4 is 0 Å². The van der Waals surface area contributed by atoms with Gasteiger partial charge in [-0.05, 0) is 30.0 Å². The first-order valence-electron chi connectivity index (χ1n) is 7.24. The normalized spacial score (nSPS) is 12.9. The fourth-order valence-corrected chi connectivity index (χ4v) is 2.50. The van der Waals surface area contributed by atoms with Gasteiger partial charge in [0.2, 0.25) is 0 Å². The first kappa shape index (κ1) is 15.6. The molecule has 1 heterocycles. The number of aromatic hydroxyl groups is 1. The Labute approximate surface area is 126 Å². The van der Waals surface area contributed by atoms with Gasteiger partial charge in [0.15, 0.2) is 5.78 Å². The highest BCUT2D eigenvalue weighted by Gasteiger charge is 2.30. The van der Waals surface area contributed by atoms with E-state index in [0.29, 0.717) is 22.3 Å². The molecule has 1 aromatic heterocycles. The number of hydrogen-bond donors (Lipinski definition) is 1. The third-order valence-corrected chi connectivity index (χ3v) is 3.67. The molecule has 0 aliphatic rings. The van der Waals surface area contributed by atoms with E-state index in [0.717, 1.165) is 5.56 Å². The van der Waals surface area contributed by atoms with Gasteiger partial charge in [-0.2, -0.15) is 0 Å². The van der Waals surface area contributed by atoms with Crippen LogP contribution in [0, 0.1) is 0 Å². The molecule has 0 amide bonds. The molecule has 2 rings (SSSR count). The zero-order valence-corrected chi connectivity index (χ0v) is 13.9. The van der Waals surface area contributed by atoms with Gasteiger partial charge in [-0.3, -0.25) is 4.79 Å². The molecule has 114 valence electrons. The summed E-state index contributed by atoms with van der Waals surface area (Å²) >= 11 is 0. The molecule has 0 aliphatic heterocycles. The van der Waals surface area contributed by atoms with Crippen molar-refractivity contribution >= 4 is 16.8 Å². The van der Waals surface area contributed by atoms with E-state index in [4.69, 9.17) is 4.42 Å². The van der Waals surface area contributed by atoms with Gasteiger partial charge in [0.05, 0.1) is 10.9 Å². The lowest BCUT2D eigenvalue weighted by Crippen LogP contribution is -2.14. The summed E-state index contributed by atoms with van der Waals surface area (Å²) in [5.41, 5.74) is 1.66. The summed E-state index contributed by atoms with van der Waals surface area (Å²) in [4.78, 5) is 12.1. The second-order valence-corrected chi connectivity index (χ2v) is 7.73. The highest BCUT2D eigenvalue weighted by molar-refractivity contribution is 6.09. The molecule has 3 nitrogen and oxygen atoms in total. The Balaban J connectivity index is 2.89. The Hall–Kier alpha value is -1.77. The van der Waals surface area contributed by atoms with Crippen LogP contribution in [0.3, 0.4) is 0 Å². The smallest absolute Gasteiger partial charge is 0.164 e. The molecule has 0 fully saturated rings. The Kier molecular flexibility index (Phi) is 3.43. The van der Waals surface area contributed by atoms with Crippen molar-refractivity contribution in [2.75, 3.05) is 0 Å². The maximum atomic E-state index is 12.1. The van der Waals surface area contributed by atoms with E-state index >= 15 is 0 Å². The van der Waals surface area contributed by atoms with E-state index in [1.165, 1.54) is 6.92 Å². The van der Waals surface area contributed by atoms with Crippen LogP contribution >= 0.6 is 0 Å². The highest BCUT2D eigenvalue weighted by atomic mass is 16.3. The molecule has 3 heteroatoms. The minimum atomic E-state index is -0.297. The number of phenols is 1. The third-order valence-electron chi connectivity index (χ3n) is 3.67. The van der Waals surface area contributed by atoms with E-state index in [-0.39, 0.29) is 22.4 Å². The Morgan fingerprint density at radius 1 is 1.05 bits per heavy atom. The number of benzene rings is 1. The lowest BCUT2D eigenvalue weighted by atomic mass is 9.85. The van der Waals surface area contributed by atoms with Crippen molar-refractivity contribution in [3.8, 4) is 5.75 Å². The van der Waals surface area contributed by atoms with Crippen LogP contribution in [0.25, 0.3) is 11.0 Å². The molecule has 2 aromatic rings. The van der Waals surface area contributed by atoms with Crippen LogP contribution in [0.2, 0.25) is 0 Å². The second-order valence-electron chi connectivity index (χ2n) is 7.73. The number of hydrogen-bond acceptors (Lipinski definition) is 3. The molecule has 0 unspecified atom stereocenters. The number of Topliss-reactive ketones (excluding diaryl/α,β-unsaturated/α-hetero) is 1. The lowest BCUT2D eigenvalue weighted by Gasteiger charge is -2.19. The predicted octanol–water partition coefficient (Wildman–Crippen LogP) is 4.94. The Morgan fingerprint density at radius 3 is 2.05 bits per heavy atom. The predicted molar refractivity (Wildman–Crippen MR) is 85.3 cm³/mol. The summed E-state index contributed by atoms with van der Waals surface area (Å²) in [6.07, 6.45) is 0. The number of carbonyl (C=O) groups is 1. The summed E-state index contributed by atoms with van der Waals surface area (Å²) < 4.78 is 5.96. The molecule has 0 bridgehead atoms. The summed E-state index contributed by atoms with van der Waals surface area (Å²) in [7, 11) is 0. The van der Waals surface area contributed by atoms with E-state index in [9.17, 15) is 9.90 Å². The first-order valence-corrected chi connectivity index (χ1v) is 7.24. The molecule has 21 heavy (non-hydrogen) atoms. The molecule has 0 atom stereocenters. The number of rotatable bonds is 1. The van der Waals surface area contributed by atoms with Crippen LogP contribution in [0.5, 0.6) is 5.75 Å². The minimum absolute atomic E-state index is 0.0857. The summed E-state index contributed by atoms with van der Waals surface area (Å²) in [5.74, 6) is 0.658. The summed E-state index contributed by atoms with van der Waals surface area (Å²) in [6.45, 7) is 13.7. The summed E-state index contributed by atoms with van der Waals surface area (Å²) in [5, 5.41) is 10.9. The fraction of sp³-hybridized carbons (Fsp3) is 0.500. The van der Waals surface area contributed by atoms with Crippen molar-refractivity contribution in [3.63, 3.8) is 0 Å². The number of ketones is 1. The van der Waals surface area contributed by atoms with Gasteiger partial charge >= 0.3 is 0 Å². The number of carbonyl (C=O) groups excluding carboxylic acids is 1. The van der Waals surface area contributed by atoms with Crippen molar-refractivity contribution in [1.29, 1.82) is 0 Å². The molecule has 0 saturated heterocycles. The molecular formula is C18H24O3. The fourth-order valence-electron chi connectivity index (χ4n) is 2.50. The van der Waals surface area contributed by atoms with Crippen LogP contribution in [0.4, 0.5) is 0 Å². The van der Waals surface area contributed by atoms with Gasteiger partial charge in [-0.15, -0.1) is 0 Å². The van der Waals surface area contributed by atoms with Crippen LogP contribution in [0.1, 0.15) is 70.1 Å². The van der Waals surface area contributed by atoms with Crippen molar-refractivity contribution in [2.24, 2.45) is 0 Å². The summed E-state index contributed by atoms with van der Waals surface area (Å²) in [6, 6.07) is 3.66. The molecule has 0 aliphatic carbocycles. The SMILES string of the molecule is CC(=O)c1c(C(C)(C)C)oc2cc(C(C)(C)C)cc(O)c12. The molecule has 0 spiro atoms. The first-order chi connectivity index (χ1) is 9.43. The maximum Gasteiger partial charge on any atom is 0.164 e. The van der Waals surface area contributed by atoms with Crippen LogP contribution in [0.15, 0.2) is 16.5 Å². The van der Waals surface area contributed by atoms with Gasteiger partial charge < -0.3 is 9.52 Å². The quantitative estimate of drug-likeness (QED) is 0.756. The second kappa shape index (κ2) is 4.62.